The van der Waals surface area contributed by atoms with Crippen molar-refractivity contribution in [3.63, 3.8) is 0 Å². The number of halogens is 1. The maximum atomic E-state index is 9.50. The molecule has 3 heteroatoms. The van der Waals surface area contributed by atoms with Crippen molar-refractivity contribution in [3.05, 3.63) is 0 Å². The molecule has 1 heterocycles. The number of hydrogen-bond acceptors (Lipinski definition) is 2. The van der Waals surface area contributed by atoms with E-state index in [9.17, 15) is 5.11 Å². The highest BCUT2D eigenvalue weighted by Gasteiger charge is 2.06. The highest BCUT2D eigenvalue weighted by atomic mass is 35.5. The third kappa shape index (κ3) is 2.50. The summed E-state index contributed by atoms with van der Waals surface area (Å²) in [6, 6.07) is 0. The molecule has 1 rings (SSSR count). The predicted octanol–water partition coefficient (Wildman–Crippen LogP) is 0.152. The van der Waals surface area contributed by atoms with Crippen molar-refractivity contribution in [2.75, 3.05) is 13.0 Å². The Morgan fingerprint density at radius 2 is 2.12 bits per heavy atom. The molecule has 1 aliphatic rings. The second-order valence-corrected chi connectivity index (χ2v) is 0.974. The Morgan fingerprint density at radius 3 is 2.62 bits per heavy atom. The first-order chi connectivity index (χ1) is 6.71. The molecule has 2 N–H and O–H groups in total. The zero-order valence-corrected chi connectivity index (χ0v) is 4.67. The van der Waals surface area contributed by atoms with Crippen molar-refractivity contribution in [2.45, 2.75) is 18.8 Å². The molecule has 0 saturated carbocycles. The highest BCUT2D eigenvalue weighted by molar-refractivity contribution is 5.85. The van der Waals surface area contributed by atoms with Gasteiger partial charge < -0.3 is 10.4 Å². The summed E-state index contributed by atoms with van der Waals surface area (Å²) >= 11 is 0. The Morgan fingerprint density at radius 1 is 1.62 bits per heavy atom. The van der Waals surface area contributed by atoms with Crippen LogP contribution in [-0.4, -0.2) is 24.2 Å². The van der Waals surface area contributed by atoms with Gasteiger partial charge in [-0.1, -0.05) is 0 Å². The molecule has 0 atom stereocenters. The van der Waals surface area contributed by atoms with Crippen LogP contribution in [-0.2, 0) is 0 Å². The molecule has 1 saturated heterocycles. The first kappa shape index (κ1) is 1.62. The van der Waals surface area contributed by atoms with Gasteiger partial charge in [-0.05, 0) is 25.7 Å². The molecule has 0 unspecified atom stereocenters. The van der Waals surface area contributed by atoms with Crippen LogP contribution in [0.15, 0.2) is 0 Å². The zero-order chi connectivity index (χ0) is 13.2. The van der Waals surface area contributed by atoms with Gasteiger partial charge in [0.05, 0.1) is 7.45 Å². The van der Waals surface area contributed by atoms with E-state index in [0.29, 0.717) is 0 Å². The van der Waals surface area contributed by atoms with Crippen molar-refractivity contribution in [3.8, 4) is 0 Å². The number of aliphatic hydroxyl groups is 1. The summed E-state index contributed by atoms with van der Waals surface area (Å²) in [7, 11) is 0. The largest absolute Gasteiger partial charge is 0.393 e. The smallest absolute Gasteiger partial charge is 0.0601 e. The Labute approximate surface area is 68.3 Å². The van der Waals surface area contributed by atoms with Crippen LogP contribution in [0.1, 0.15) is 25.1 Å². The summed E-state index contributed by atoms with van der Waals surface area (Å²) in [4.78, 5) is 0. The molecule has 0 aromatic rings. The van der Waals surface area contributed by atoms with Gasteiger partial charge in [0.25, 0.3) is 0 Å². The molecule has 1 fully saturated rings. The summed E-state index contributed by atoms with van der Waals surface area (Å²) in [5, 5.41) is 11.0. The predicted molar refractivity (Wildman–Crippen MR) is 35.4 cm³/mol. The lowest BCUT2D eigenvalue weighted by Gasteiger charge is -2.16. The van der Waals surface area contributed by atoms with Gasteiger partial charge in [0, 0.05) is 11.0 Å². The Balaban J connectivity index is 0.00000256. The molecule has 50 valence electrons. The van der Waals surface area contributed by atoms with Crippen LogP contribution in [0.5, 0.6) is 0 Å². The number of piperidine rings is 1. The van der Waals surface area contributed by atoms with Gasteiger partial charge in [-0.3, -0.25) is 0 Å². The van der Waals surface area contributed by atoms with E-state index in [0.717, 1.165) is 0 Å². The van der Waals surface area contributed by atoms with Crippen LogP contribution in [0, 0.1) is 0 Å². The van der Waals surface area contributed by atoms with E-state index in [1.54, 1.807) is 0 Å². The fourth-order valence-corrected chi connectivity index (χ4v) is 0.243. The zero-order valence-electron chi connectivity index (χ0n) is 12.9. The minimum absolute atomic E-state index is 0. The summed E-state index contributed by atoms with van der Waals surface area (Å²) in [5.74, 6) is 0. The van der Waals surface area contributed by atoms with Gasteiger partial charge in [0.15, 0.2) is 0 Å². The molecule has 0 aliphatic carbocycles. The summed E-state index contributed by atoms with van der Waals surface area (Å²) in [6.45, 7) is -6.14. The molecule has 0 aromatic heterocycles. The van der Waals surface area contributed by atoms with E-state index in [2.05, 4.69) is 0 Å². The number of rotatable bonds is 0. The monoisotopic (exact) mass is 146 g/mol. The second kappa shape index (κ2) is 4.13. The van der Waals surface area contributed by atoms with Gasteiger partial charge in [-0.2, -0.15) is 0 Å². The lowest BCUT2D eigenvalue weighted by molar-refractivity contribution is 0.137. The van der Waals surface area contributed by atoms with E-state index in [4.69, 9.17) is 12.3 Å². The fraction of sp³-hybridized carbons (Fsp3) is 1.00. The standard InChI is InChI=1S/C5H11NO.ClH/c7-5-1-3-6-4-2-5;/h5-7H,1-4H2;1H/i1D2,2D2,3D2,4D2,5D;. The third-order valence-electron chi connectivity index (χ3n) is 0.487. The molecule has 0 bridgehead atoms. The average Bonchev–Trinajstić information content (AvgIpc) is 1.98. The first-order valence-corrected chi connectivity index (χ1v) is 1.72. The van der Waals surface area contributed by atoms with Gasteiger partial charge >= 0.3 is 0 Å². The molecular weight excluding hydrogens is 126 g/mol. The van der Waals surface area contributed by atoms with E-state index >= 15 is 0 Å². The number of hydrogen-bond donors (Lipinski definition) is 2. The van der Waals surface area contributed by atoms with Crippen LogP contribution in [0.4, 0.5) is 0 Å². The maximum absolute atomic E-state index is 9.50. The van der Waals surface area contributed by atoms with Gasteiger partial charge in [0.2, 0.25) is 0 Å². The molecule has 8 heavy (non-hydrogen) atoms. The van der Waals surface area contributed by atoms with Crippen LogP contribution in [0.3, 0.4) is 0 Å². The molecule has 1 aliphatic heterocycles. The second-order valence-electron chi connectivity index (χ2n) is 0.974. The van der Waals surface area contributed by atoms with Crippen molar-refractivity contribution < 1.29 is 17.4 Å². The van der Waals surface area contributed by atoms with Crippen molar-refractivity contribution in [2.24, 2.45) is 0 Å². The van der Waals surface area contributed by atoms with Crippen LogP contribution in [0.25, 0.3) is 0 Å². The maximum Gasteiger partial charge on any atom is 0.0601 e. The Kier molecular flexibility index (Phi) is 0.838. The van der Waals surface area contributed by atoms with Gasteiger partial charge in [0.1, 0.15) is 0 Å². The Bertz CT molecular complexity index is 289. The SMILES string of the molecule is Cl.[2H]C1([2H])NC([2H])([2H])C([2H])([2H])C([2H])(O)C1([2H])[2H]. The van der Waals surface area contributed by atoms with Crippen molar-refractivity contribution in [1.82, 2.24) is 5.32 Å². The highest BCUT2D eigenvalue weighted by Crippen LogP contribution is 1.99. The quantitative estimate of drug-likeness (QED) is 0.510. The fourth-order valence-electron chi connectivity index (χ4n) is 0.243. The van der Waals surface area contributed by atoms with E-state index in [1.807, 2.05) is 0 Å². The minimum atomic E-state index is -3.56. The molecule has 2 nitrogen and oxygen atoms in total. The lowest BCUT2D eigenvalue weighted by Crippen LogP contribution is -2.30. The summed E-state index contributed by atoms with van der Waals surface area (Å²) in [5.41, 5.74) is 0. The topological polar surface area (TPSA) is 32.3 Å². The normalized spacial score (nSPS) is 67.9. The molecule has 0 amide bonds. The minimum Gasteiger partial charge on any atom is -0.393 e. The Hall–Kier alpha value is 0.210. The van der Waals surface area contributed by atoms with E-state index in [-0.39, 0.29) is 12.4 Å². The van der Waals surface area contributed by atoms with E-state index in [1.165, 1.54) is 5.32 Å². The lowest BCUT2D eigenvalue weighted by atomic mass is 10.1. The van der Waals surface area contributed by atoms with E-state index < -0.39 is 31.8 Å². The van der Waals surface area contributed by atoms with Crippen LogP contribution in [0.2, 0.25) is 0 Å². The third-order valence-corrected chi connectivity index (χ3v) is 0.487. The molecule has 0 aromatic carbocycles. The molecule has 0 spiro atoms. The molecule has 0 radical (unpaired) electrons. The first-order valence-electron chi connectivity index (χ1n) is 6.22. The summed E-state index contributed by atoms with van der Waals surface area (Å²) in [6.07, 6.45) is -10.2. The van der Waals surface area contributed by atoms with Gasteiger partial charge in [-0.15, -0.1) is 12.4 Å². The number of nitrogens with one attached hydrogen (secondary N) is 1. The van der Waals surface area contributed by atoms with Gasteiger partial charge in [-0.25, -0.2) is 0 Å². The van der Waals surface area contributed by atoms with Crippen LogP contribution < -0.4 is 5.32 Å². The van der Waals surface area contributed by atoms with Crippen molar-refractivity contribution in [1.29, 1.82) is 0 Å². The average molecular weight is 147 g/mol. The summed E-state index contributed by atoms with van der Waals surface area (Å²) < 4.78 is 65.1. The van der Waals surface area contributed by atoms with Crippen LogP contribution >= 0.6 is 12.4 Å². The molecular formula is C5H12ClNO. The van der Waals surface area contributed by atoms with Crippen molar-refractivity contribution >= 4 is 12.4 Å².